The highest BCUT2D eigenvalue weighted by Crippen LogP contribution is 2.49. The van der Waals surface area contributed by atoms with Gasteiger partial charge in [-0.15, -0.1) is 0 Å². The molecule has 90 valence electrons. The highest BCUT2D eigenvalue weighted by atomic mass is 19.4. The summed E-state index contributed by atoms with van der Waals surface area (Å²) in [6.45, 7) is 2.53. The first-order valence-corrected chi connectivity index (χ1v) is 5.22. The first kappa shape index (κ1) is 12.8. The molecule has 0 aliphatic heterocycles. The van der Waals surface area contributed by atoms with Crippen molar-refractivity contribution < 1.29 is 23.0 Å². The van der Waals surface area contributed by atoms with Gasteiger partial charge in [0.15, 0.2) is 0 Å². The number of alkyl halides is 3. The summed E-state index contributed by atoms with van der Waals surface area (Å²) >= 11 is 0. The van der Waals surface area contributed by atoms with Gasteiger partial charge >= 0.3 is 6.18 Å². The predicted octanol–water partition coefficient (Wildman–Crippen LogP) is 2.50. The Morgan fingerprint density at radius 3 is 2.20 bits per heavy atom. The van der Waals surface area contributed by atoms with E-state index < -0.39 is 30.4 Å². The first-order chi connectivity index (χ1) is 6.85. The van der Waals surface area contributed by atoms with Crippen LogP contribution in [0.5, 0.6) is 0 Å². The first-order valence-electron chi connectivity index (χ1n) is 5.22. The average Bonchev–Trinajstić information content (AvgIpc) is 2.12. The lowest BCUT2D eigenvalue weighted by atomic mass is 9.60. The molecule has 5 heteroatoms. The largest absolute Gasteiger partial charge is 0.411 e. The number of halogens is 3. The van der Waals surface area contributed by atoms with E-state index in [0.29, 0.717) is 19.3 Å². The molecule has 0 heterocycles. The molecule has 0 amide bonds. The second-order valence-corrected chi connectivity index (χ2v) is 4.11. The molecule has 0 bridgehead atoms. The quantitative estimate of drug-likeness (QED) is 0.798. The predicted molar refractivity (Wildman–Crippen MR) is 49.4 cm³/mol. The molecule has 0 aromatic rings. The minimum atomic E-state index is -4.28. The molecule has 1 aliphatic carbocycles. The second kappa shape index (κ2) is 4.29. The highest BCUT2D eigenvalue weighted by molar-refractivity contribution is 5.02. The van der Waals surface area contributed by atoms with Gasteiger partial charge in [0.2, 0.25) is 0 Å². The summed E-state index contributed by atoms with van der Waals surface area (Å²) in [7, 11) is 0. The van der Waals surface area contributed by atoms with Crippen LogP contribution in [-0.4, -0.2) is 30.1 Å². The summed E-state index contributed by atoms with van der Waals surface area (Å²) in [4.78, 5) is 0. The number of ether oxygens (including phenoxy) is 1. The number of aliphatic hydroxyl groups is 1. The van der Waals surface area contributed by atoms with Crippen LogP contribution in [0.2, 0.25) is 0 Å². The van der Waals surface area contributed by atoms with Gasteiger partial charge in [0, 0.05) is 11.8 Å². The third kappa shape index (κ3) is 2.45. The Hall–Kier alpha value is -0.290. The SMILES string of the molecule is CCC1(CC)C(O)CC1OCC(F)(F)F. The lowest BCUT2D eigenvalue weighted by Gasteiger charge is -2.52. The van der Waals surface area contributed by atoms with Gasteiger partial charge in [-0.25, -0.2) is 0 Å². The maximum absolute atomic E-state index is 11.9. The molecule has 0 spiro atoms. The van der Waals surface area contributed by atoms with E-state index in [1.807, 2.05) is 13.8 Å². The fraction of sp³-hybridized carbons (Fsp3) is 1.00. The molecule has 1 aliphatic rings. The zero-order valence-corrected chi connectivity index (χ0v) is 8.97. The van der Waals surface area contributed by atoms with Crippen LogP contribution in [0.1, 0.15) is 33.1 Å². The Balaban J connectivity index is 2.51. The highest BCUT2D eigenvalue weighted by Gasteiger charge is 2.53. The van der Waals surface area contributed by atoms with E-state index in [0.717, 1.165) is 0 Å². The Bertz CT molecular complexity index is 211. The van der Waals surface area contributed by atoms with Gasteiger partial charge < -0.3 is 9.84 Å². The summed E-state index contributed by atoms with van der Waals surface area (Å²) in [5.74, 6) is 0. The van der Waals surface area contributed by atoms with Gasteiger partial charge in [0.05, 0.1) is 12.2 Å². The van der Waals surface area contributed by atoms with Crippen molar-refractivity contribution >= 4 is 0 Å². The molecule has 2 atom stereocenters. The molecule has 0 radical (unpaired) electrons. The number of rotatable bonds is 4. The van der Waals surface area contributed by atoms with E-state index >= 15 is 0 Å². The summed E-state index contributed by atoms with van der Waals surface area (Å²) in [5, 5.41) is 9.60. The molecule has 2 unspecified atom stereocenters. The van der Waals surface area contributed by atoms with Gasteiger partial charge in [-0.1, -0.05) is 13.8 Å². The van der Waals surface area contributed by atoms with Crippen LogP contribution >= 0.6 is 0 Å². The van der Waals surface area contributed by atoms with Gasteiger partial charge in [-0.3, -0.25) is 0 Å². The molecule has 1 saturated carbocycles. The van der Waals surface area contributed by atoms with E-state index in [1.165, 1.54) is 0 Å². The lowest BCUT2D eigenvalue weighted by Crippen LogP contribution is -2.58. The van der Waals surface area contributed by atoms with Crippen molar-refractivity contribution in [2.75, 3.05) is 6.61 Å². The van der Waals surface area contributed by atoms with Crippen LogP contribution in [0.15, 0.2) is 0 Å². The molecular formula is C10H17F3O2. The van der Waals surface area contributed by atoms with Crippen LogP contribution in [0.25, 0.3) is 0 Å². The van der Waals surface area contributed by atoms with Crippen molar-refractivity contribution in [3.63, 3.8) is 0 Å². The van der Waals surface area contributed by atoms with Crippen LogP contribution in [0.4, 0.5) is 13.2 Å². The number of hydrogen-bond acceptors (Lipinski definition) is 2. The van der Waals surface area contributed by atoms with Gasteiger partial charge in [0.25, 0.3) is 0 Å². The van der Waals surface area contributed by atoms with Crippen molar-refractivity contribution in [3.8, 4) is 0 Å². The van der Waals surface area contributed by atoms with Crippen LogP contribution < -0.4 is 0 Å². The fourth-order valence-corrected chi connectivity index (χ4v) is 2.33. The van der Waals surface area contributed by atoms with Crippen molar-refractivity contribution in [2.45, 2.75) is 51.5 Å². The summed E-state index contributed by atoms with van der Waals surface area (Å²) < 4.78 is 40.7. The van der Waals surface area contributed by atoms with Crippen LogP contribution in [0, 0.1) is 5.41 Å². The molecule has 15 heavy (non-hydrogen) atoms. The third-order valence-corrected chi connectivity index (χ3v) is 3.51. The topological polar surface area (TPSA) is 29.5 Å². The Labute approximate surface area is 87.4 Å². The van der Waals surface area contributed by atoms with Gasteiger partial charge in [-0.2, -0.15) is 13.2 Å². The van der Waals surface area contributed by atoms with Crippen LogP contribution in [-0.2, 0) is 4.74 Å². The maximum atomic E-state index is 11.9. The third-order valence-electron chi connectivity index (χ3n) is 3.51. The summed E-state index contributed by atoms with van der Waals surface area (Å²) in [6.07, 6.45) is -3.65. The number of hydrogen-bond donors (Lipinski definition) is 1. The normalized spacial score (nSPS) is 30.0. The average molecular weight is 226 g/mol. The second-order valence-electron chi connectivity index (χ2n) is 4.11. The van der Waals surface area contributed by atoms with Gasteiger partial charge in [0.1, 0.15) is 6.61 Å². The minimum absolute atomic E-state index is 0.317. The van der Waals surface area contributed by atoms with E-state index in [1.54, 1.807) is 0 Å². The van der Waals surface area contributed by atoms with Crippen LogP contribution in [0.3, 0.4) is 0 Å². The van der Waals surface area contributed by atoms with E-state index in [2.05, 4.69) is 0 Å². The number of aliphatic hydroxyl groups excluding tert-OH is 1. The molecular weight excluding hydrogens is 209 g/mol. The van der Waals surface area contributed by atoms with E-state index in [9.17, 15) is 18.3 Å². The van der Waals surface area contributed by atoms with Crippen molar-refractivity contribution in [1.82, 2.24) is 0 Å². The smallest absolute Gasteiger partial charge is 0.392 e. The standard InChI is InChI=1S/C10H17F3O2/c1-3-9(4-2)7(14)5-8(9)15-6-10(11,12)13/h7-8,14H,3-6H2,1-2H3. The van der Waals surface area contributed by atoms with Crippen molar-refractivity contribution in [2.24, 2.45) is 5.41 Å². The van der Waals surface area contributed by atoms with E-state index in [-0.39, 0.29) is 0 Å². The zero-order valence-electron chi connectivity index (χ0n) is 8.97. The molecule has 1 rings (SSSR count). The monoisotopic (exact) mass is 226 g/mol. The molecule has 1 fully saturated rings. The van der Waals surface area contributed by atoms with Crippen molar-refractivity contribution in [3.05, 3.63) is 0 Å². The minimum Gasteiger partial charge on any atom is -0.392 e. The van der Waals surface area contributed by atoms with Crippen molar-refractivity contribution in [1.29, 1.82) is 0 Å². The molecule has 0 aromatic carbocycles. The summed E-state index contributed by atoms with van der Waals surface area (Å²) in [6, 6.07) is 0. The molecule has 2 nitrogen and oxygen atoms in total. The molecule has 0 saturated heterocycles. The van der Waals surface area contributed by atoms with Gasteiger partial charge in [-0.05, 0) is 12.8 Å². The Kier molecular flexibility index (Phi) is 3.66. The molecule has 0 aromatic heterocycles. The van der Waals surface area contributed by atoms with E-state index in [4.69, 9.17) is 4.74 Å². The molecule has 1 N–H and O–H groups in total. The maximum Gasteiger partial charge on any atom is 0.411 e. The summed E-state index contributed by atoms with van der Waals surface area (Å²) in [5.41, 5.74) is -0.467. The zero-order chi connectivity index (χ0) is 11.7. The Morgan fingerprint density at radius 2 is 1.87 bits per heavy atom. The fourth-order valence-electron chi connectivity index (χ4n) is 2.33. The lowest BCUT2D eigenvalue weighted by molar-refractivity contribution is -0.246. The Morgan fingerprint density at radius 1 is 1.33 bits per heavy atom.